The maximum atomic E-state index is 5.61. The molecule has 2 aliphatic rings. The molecular formula is C13H27N3O. The maximum absolute atomic E-state index is 5.61. The van der Waals surface area contributed by atoms with Gasteiger partial charge in [0.2, 0.25) is 0 Å². The predicted octanol–water partition coefficient (Wildman–Crippen LogP) is 0.391. The van der Waals surface area contributed by atoms with Crippen LogP contribution in [0.4, 0.5) is 0 Å². The molecule has 2 heterocycles. The first-order chi connectivity index (χ1) is 8.25. The van der Waals surface area contributed by atoms with E-state index in [1.54, 1.807) is 0 Å². The van der Waals surface area contributed by atoms with Crippen molar-refractivity contribution in [3.8, 4) is 0 Å². The molecule has 0 aromatic heterocycles. The Morgan fingerprint density at radius 3 is 2.71 bits per heavy atom. The molecule has 0 amide bonds. The Bertz CT molecular complexity index is 211. The van der Waals surface area contributed by atoms with Crippen LogP contribution in [0.25, 0.3) is 0 Å². The van der Waals surface area contributed by atoms with E-state index in [1.165, 1.54) is 39.0 Å². The molecule has 0 bridgehead atoms. The first-order valence-corrected chi connectivity index (χ1v) is 7.00. The van der Waals surface area contributed by atoms with E-state index < -0.39 is 0 Å². The molecule has 4 nitrogen and oxygen atoms in total. The second-order valence-electron chi connectivity index (χ2n) is 5.48. The summed E-state index contributed by atoms with van der Waals surface area (Å²) in [7, 11) is 2.21. The number of rotatable bonds is 5. The first kappa shape index (κ1) is 13.3. The molecule has 0 spiro atoms. The van der Waals surface area contributed by atoms with Gasteiger partial charge in [-0.1, -0.05) is 0 Å². The highest BCUT2D eigenvalue weighted by Crippen LogP contribution is 2.10. The third-order valence-corrected chi connectivity index (χ3v) is 4.00. The molecular weight excluding hydrogens is 214 g/mol. The van der Waals surface area contributed by atoms with Gasteiger partial charge in [-0.05, 0) is 26.8 Å². The zero-order chi connectivity index (χ0) is 12.1. The van der Waals surface area contributed by atoms with E-state index >= 15 is 0 Å². The minimum Gasteiger partial charge on any atom is -0.377 e. The van der Waals surface area contributed by atoms with Crippen LogP contribution in [0.3, 0.4) is 0 Å². The molecule has 2 fully saturated rings. The fourth-order valence-corrected chi connectivity index (χ4v) is 2.65. The fourth-order valence-electron chi connectivity index (χ4n) is 2.65. The average molecular weight is 241 g/mol. The lowest BCUT2D eigenvalue weighted by molar-refractivity contribution is 0.0986. The summed E-state index contributed by atoms with van der Waals surface area (Å²) in [5.41, 5.74) is 0. The van der Waals surface area contributed by atoms with Crippen LogP contribution in [-0.4, -0.2) is 74.9 Å². The Labute approximate surface area is 105 Å². The fraction of sp³-hybridized carbons (Fsp3) is 1.00. The van der Waals surface area contributed by atoms with Gasteiger partial charge >= 0.3 is 0 Å². The van der Waals surface area contributed by atoms with Crippen molar-refractivity contribution in [2.75, 3.05) is 52.9 Å². The van der Waals surface area contributed by atoms with Crippen LogP contribution < -0.4 is 5.32 Å². The topological polar surface area (TPSA) is 27.7 Å². The molecule has 2 saturated heterocycles. The van der Waals surface area contributed by atoms with Crippen molar-refractivity contribution in [1.29, 1.82) is 0 Å². The number of hydrogen-bond acceptors (Lipinski definition) is 4. The summed E-state index contributed by atoms with van der Waals surface area (Å²) in [6.45, 7) is 10.2. The standard InChI is InChI=1S/C13H27N3O/c1-12(16-7-5-15(2)6-8-16)10-14-11-13-4-3-9-17-13/h12-14H,3-11H2,1-2H3. The molecule has 2 unspecified atom stereocenters. The van der Waals surface area contributed by atoms with Gasteiger partial charge in [-0.3, -0.25) is 4.90 Å². The molecule has 4 heteroatoms. The van der Waals surface area contributed by atoms with Gasteiger partial charge < -0.3 is 15.0 Å². The second-order valence-corrected chi connectivity index (χ2v) is 5.48. The Morgan fingerprint density at radius 1 is 1.29 bits per heavy atom. The van der Waals surface area contributed by atoms with Crippen LogP contribution in [0.5, 0.6) is 0 Å². The molecule has 100 valence electrons. The Kier molecular flexibility index (Phi) is 5.22. The van der Waals surface area contributed by atoms with Gasteiger partial charge in [0.15, 0.2) is 0 Å². The lowest BCUT2D eigenvalue weighted by Gasteiger charge is -2.36. The van der Waals surface area contributed by atoms with Gasteiger partial charge in [0.05, 0.1) is 6.10 Å². The number of ether oxygens (including phenoxy) is 1. The quantitative estimate of drug-likeness (QED) is 0.754. The monoisotopic (exact) mass is 241 g/mol. The van der Waals surface area contributed by atoms with E-state index in [-0.39, 0.29) is 0 Å². The van der Waals surface area contributed by atoms with Crippen molar-refractivity contribution < 1.29 is 4.74 Å². The summed E-state index contributed by atoms with van der Waals surface area (Å²) in [4.78, 5) is 4.99. The number of piperazine rings is 1. The highest BCUT2D eigenvalue weighted by Gasteiger charge is 2.19. The zero-order valence-electron chi connectivity index (χ0n) is 11.3. The van der Waals surface area contributed by atoms with Crippen LogP contribution >= 0.6 is 0 Å². The summed E-state index contributed by atoms with van der Waals surface area (Å²) < 4.78 is 5.61. The van der Waals surface area contributed by atoms with E-state index in [1.807, 2.05) is 0 Å². The number of nitrogens with zero attached hydrogens (tertiary/aromatic N) is 2. The highest BCUT2D eigenvalue weighted by atomic mass is 16.5. The molecule has 2 aliphatic heterocycles. The van der Waals surface area contributed by atoms with E-state index in [4.69, 9.17) is 4.74 Å². The molecule has 1 N–H and O–H groups in total. The molecule has 0 saturated carbocycles. The van der Waals surface area contributed by atoms with Gasteiger partial charge in [-0.25, -0.2) is 0 Å². The summed E-state index contributed by atoms with van der Waals surface area (Å²) in [5.74, 6) is 0. The Hall–Kier alpha value is -0.160. The van der Waals surface area contributed by atoms with Crippen molar-refractivity contribution in [3.63, 3.8) is 0 Å². The smallest absolute Gasteiger partial charge is 0.0700 e. The van der Waals surface area contributed by atoms with Crippen molar-refractivity contribution in [3.05, 3.63) is 0 Å². The van der Waals surface area contributed by atoms with Crippen LogP contribution in [0, 0.1) is 0 Å². The van der Waals surface area contributed by atoms with E-state index in [9.17, 15) is 0 Å². The van der Waals surface area contributed by atoms with E-state index in [0.29, 0.717) is 12.1 Å². The largest absolute Gasteiger partial charge is 0.377 e. The third kappa shape index (κ3) is 4.21. The molecule has 0 aromatic carbocycles. The average Bonchev–Trinajstić information content (AvgIpc) is 2.83. The third-order valence-electron chi connectivity index (χ3n) is 4.00. The van der Waals surface area contributed by atoms with Gasteiger partial charge in [-0.15, -0.1) is 0 Å². The lowest BCUT2D eigenvalue weighted by Crippen LogP contribution is -2.51. The van der Waals surface area contributed by atoms with Crippen molar-refractivity contribution in [2.24, 2.45) is 0 Å². The van der Waals surface area contributed by atoms with Crippen LogP contribution in [0.1, 0.15) is 19.8 Å². The van der Waals surface area contributed by atoms with Crippen molar-refractivity contribution in [1.82, 2.24) is 15.1 Å². The first-order valence-electron chi connectivity index (χ1n) is 7.00. The lowest BCUT2D eigenvalue weighted by atomic mass is 10.2. The van der Waals surface area contributed by atoms with Gasteiger partial charge in [0.1, 0.15) is 0 Å². The number of hydrogen-bond donors (Lipinski definition) is 1. The predicted molar refractivity (Wildman–Crippen MR) is 70.4 cm³/mol. The Morgan fingerprint density at radius 2 is 2.06 bits per heavy atom. The molecule has 2 rings (SSSR count). The minimum absolute atomic E-state index is 0.467. The molecule has 17 heavy (non-hydrogen) atoms. The normalized spacial score (nSPS) is 29.6. The van der Waals surface area contributed by atoms with Crippen molar-refractivity contribution in [2.45, 2.75) is 31.9 Å². The second kappa shape index (κ2) is 6.69. The molecule has 2 atom stereocenters. The SMILES string of the molecule is CC(CNCC1CCCO1)N1CCN(C)CC1. The zero-order valence-corrected chi connectivity index (χ0v) is 11.3. The van der Waals surface area contributed by atoms with E-state index in [2.05, 4.69) is 29.1 Å². The minimum atomic E-state index is 0.467. The van der Waals surface area contributed by atoms with Crippen molar-refractivity contribution >= 4 is 0 Å². The molecule has 0 aromatic rings. The number of likely N-dealkylation sites (N-methyl/N-ethyl adjacent to an activating group) is 1. The van der Waals surface area contributed by atoms with Crippen LogP contribution in [-0.2, 0) is 4.74 Å². The maximum Gasteiger partial charge on any atom is 0.0700 e. The number of nitrogens with one attached hydrogen (secondary N) is 1. The van der Waals surface area contributed by atoms with Gasteiger partial charge in [0.25, 0.3) is 0 Å². The van der Waals surface area contributed by atoms with Crippen LogP contribution in [0.15, 0.2) is 0 Å². The summed E-state index contributed by atoms with van der Waals surface area (Å²) in [5, 5.41) is 3.56. The van der Waals surface area contributed by atoms with Gasteiger partial charge in [0, 0.05) is 51.9 Å². The summed E-state index contributed by atoms with van der Waals surface area (Å²) >= 11 is 0. The Balaban J connectivity index is 1.58. The summed E-state index contributed by atoms with van der Waals surface area (Å²) in [6, 6.07) is 0.644. The molecule has 0 aliphatic carbocycles. The highest BCUT2D eigenvalue weighted by molar-refractivity contribution is 4.77. The summed E-state index contributed by atoms with van der Waals surface area (Å²) in [6.07, 6.45) is 2.94. The van der Waals surface area contributed by atoms with E-state index in [0.717, 1.165) is 19.7 Å². The van der Waals surface area contributed by atoms with Crippen LogP contribution in [0.2, 0.25) is 0 Å². The molecule has 0 radical (unpaired) electrons. The van der Waals surface area contributed by atoms with Gasteiger partial charge in [-0.2, -0.15) is 0 Å².